The number of para-hydroxylation sites is 1. The molecule has 0 aromatic heterocycles. The van der Waals surface area contributed by atoms with E-state index in [2.05, 4.69) is 0 Å². The number of hydrogen-bond donors (Lipinski definition) is 0. The van der Waals surface area contributed by atoms with Crippen LogP contribution in [0.25, 0.3) is 0 Å². The minimum Gasteiger partial charge on any atom is -0.304 e. The van der Waals surface area contributed by atoms with Gasteiger partial charge in [0.15, 0.2) is 0 Å². The second-order valence-electron chi connectivity index (χ2n) is 8.06. The van der Waals surface area contributed by atoms with Crippen molar-refractivity contribution in [2.75, 3.05) is 11.9 Å². The highest BCUT2D eigenvalue weighted by Gasteiger charge is 2.42. The Kier molecular flexibility index (Phi) is 5.08. The Balaban J connectivity index is 1.66. The van der Waals surface area contributed by atoms with Gasteiger partial charge in [-0.15, -0.1) is 0 Å². The summed E-state index contributed by atoms with van der Waals surface area (Å²) in [6.45, 7) is -0.0896. The molecule has 3 nitrogen and oxygen atoms in total. The quantitative estimate of drug-likeness (QED) is 0.607. The molecule has 1 unspecified atom stereocenters. The third kappa shape index (κ3) is 3.93. The molecular formula is C22H21F5N2O. The summed E-state index contributed by atoms with van der Waals surface area (Å²) in [5, 5.41) is 0. The van der Waals surface area contributed by atoms with Gasteiger partial charge in [0.2, 0.25) is 5.92 Å². The van der Waals surface area contributed by atoms with Crippen molar-refractivity contribution in [3.05, 3.63) is 64.7 Å². The Morgan fingerprint density at radius 1 is 1.17 bits per heavy atom. The van der Waals surface area contributed by atoms with Gasteiger partial charge in [0, 0.05) is 36.7 Å². The fraction of sp³-hybridized carbons (Fsp3) is 0.409. The van der Waals surface area contributed by atoms with E-state index in [4.69, 9.17) is 0 Å². The molecule has 1 amide bonds. The third-order valence-electron chi connectivity index (χ3n) is 5.91. The van der Waals surface area contributed by atoms with E-state index < -0.39 is 29.6 Å². The van der Waals surface area contributed by atoms with Crippen LogP contribution < -0.4 is 4.90 Å². The van der Waals surface area contributed by atoms with Crippen LogP contribution in [0.15, 0.2) is 42.5 Å². The van der Waals surface area contributed by atoms with E-state index in [1.54, 1.807) is 42.3 Å². The molecule has 1 saturated carbocycles. The third-order valence-corrected chi connectivity index (χ3v) is 5.91. The van der Waals surface area contributed by atoms with Gasteiger partial charge in [-0.1, -0.05) is 18.2 Å². The van der Waals surface area contributed by atoms with Crippen molar-refractivity contribution >= 4 is 11.6 Å². The van der Waals surface area contributed by atoms with Gasteiger partial charge in [-0.2, -0.15) is 13.2 Å². The lowest BCUT2D eigenvalue weighted by Crippen LogP contribution is -2.30. The Labute approximate surface area is 171 Å². The second kappa shape index (κ2) is 7.34. The monoisotopic (exact) mass is 424 g/mol. The van der Waals surface area contributed by atoms with Crippen LogP contribution >= 0.6 is 0 Å². The highest BCUT2D eigenvalue weighted by Crippen LogP contribution is 2.41. The van der Waals surface area contributed by atoms with Crippen LogP contribution in [0.1, 0.15) is 46.3 Å². The molecule has 0 radical (unpaired) electrons. The van der Waals surface area contributed by atoms with Crippen LogP contribution in [-0.4, -0.2) is 29.8 Å². The fourth-order valence-corrected chi connectivity index (χ4v) is 4.35. The highest BCUT2D eigenvalue weighted by atomic mass is 19.4. The number of carbonyl (C=O) groups is 1. The number of rotatable bonds is 4. The summed E-state index contributed by atoms with van der Waals surface area (Å²) in [6, 6.07) is 10.7. The molecule has 1 aliphatic carbocycles. The molecule has 8 heteroatoms. The Morgan fingerprint density at radius 2 is 1.87 bits per heavy atom. The first kappa shape index (κ1) is 20.8. The molecule has 2 aromatic carbocycles. The number of halogens is 5. The predicted octanol–water partition coefficient (Wildman–Crippen LogP) is 5.49. The van der Waals surface area contributed by atoms with Gasteiger partial charge in [0.1, 0.15) is 0 Å². The molecule has 160 valence electrons. The van der Waals surface area contributed by atoms with Crippen molar-refractivity contribution in [3.8, 4) is 0 Å². The summed E-state index contributed by atoms with van der Waals surface area (Å²) in [4.78, 5) is 15.9. The lowest BCUT2D eigenvalue weighted by Gasteiger charge is -2.25. The average Bonchev–Trinajstić information content (AvgIpc) is 3.21. The highest BCUT2D eigenvalue weighted by molar-refractivity contribution is 6.10. The Hall–Kier alpha value is -2.48. The molecule has 1 atom stereocenters. The molecule has 1 aliphatic heterocycles. The molecule has 0 N–H and O–H groups in total. The van der Waals surface area contributed by atoms with Gasteiger partial charge in [0.05, 0.1) is 12.1 Å². The van der Waals surface area contributed by atoms with Crippen molar-refractivity contribution in [1.29, 1.82) is 0 Å². The van der Waals surface area contributed by atoms with E-state index in [9.17, 15) is 26.7 Å². The van der Waals surface area contributed by atoms with Gasteiger partial charge in [-0.3, -0.25) is 9.69 Å². The number of hydrogen-bond acceptors (Lipinski definition) is 2. The molecular weight excluding hydrogens is 403 g/mol. The predicted molar refractivity (Wildman–Crippen MR) is 102 cm³/mol. The number of amides is 1. The van der Waals surface area contributed by atoms with E-state index in [-0.39, 0.29) is 37.1 Å². The summed E-state index contributed by atoms with van der Waals surface area (Å²) in [5.74, 6) is -3.22. The average molecular weight is 424 g/mol. The summed E-state index contributed by atoms with van der Waals surface area (Å²) < 4.78 is 68.4. The van der Waals surface area contributed by atoms with Crippen molar-refractivity contribution in [1.82, 2.24) is 4.90 Å². The van der Waals surface area contributed by atoms with Crippen LogP contribution in [0.3, 0.4) is 0 Å². The summed E-state index contributed by atoms with van der Waals surface area (Å²) in [7, 11) is 1.63. The molecule has 2 aromatic rings. The first-order valence-corrected chi connectivity index (χ1v) is 9.73. The van der Waals surface area contributed by atoms with Crippen LogP contribution in [0.2, 0.25) is 0 Å². The zero-order valence-corrected chi connectivity index (χ0v) is 16.3. The van der Waals surface area contributed by atoms with E-state index in [1.807, 2.05) is 0 Å². The number of nitrogens with zero attached hydrogens (tertiary/aromatic N) is 2. The number of anilines is 1. The van der Waals surface area contributed by atoms with Crippen molar-refractivity contribution < 1.29 is 26.7 Å². The van der Waals surface area contributed by atoms with E-state index in [1.165, 1.54) is 11.0 Å². The lowest BCUT2D eigenvalue weighted by molar-refractivity contribution is -0.138. The minimum absolute atomic E-state index is 0.0221. The molecule has 0 spiro atoms. The number of fused-ring (bicyclic) bond motifs is 1. The lowest BCUT2D eigenvalue weighted by atomic mass is 9.98. The summed E-state index contributed by atoms with van der Waals surface area (Å²) in [6.07, 6.45) is -4.85. The largest absolute Gasteiger partial charge is 0.416 e. The van der Waals surface area contributed by atoms with Crippen molar-refractivity contribution in [2.45, 2.75) is 50.5 Å². The van der Waals surface area contributed by atoms with E-state index >= 15 is 0 Å². The molecule has 4 rings (SSSR count). The standard InChI is InChI=1S/C22H21F5N2O/c1-28(16-7-8-21(23,24)11-16)12-14-9-17-18(19(10-14)22(25,26)27)13-29(20(17)30)15-5-3-2-4-6-15/h2-6,9-10,16H,7-8,11-13H2,1H3. The van der Waals surface area contributed by atoms with Gasteiger partial charge < -0.3 is 4.90 Å². The van der Waals surface area contributed by atoms with Gasteiger partial charge in [-0.25, -0.2) is 8.78 Å². The fourth-order valence-electron chi connectivity index (χ4n) is 4.35. The molecule has 0 saturated heterocycles. The summed E-state index contributed by atoms with van der Waals surface area (Å²) in [5.41, 5.74) is -0.0448. The maximum Gasteiger partial charge on any atom is 0.416 e. The van der Waals surface area contributed by atoms with Crippen LogP contribution in [0.4, 0.5) is 27.6 Å². The Bertz CT molecular complexity index is 958. The molecule has 30 heavy (non-hydrogen) atoms. The first-order chi connectivity index (χ1) is 14.0. The van der Waals surface area contributed by atoms with E-state index in [0.717, 1.165) is 6.07 Å². The zero-order valence-electron chi connectivity index (χ0n) is 16.3. The van der Waals surface area contributed by atoms with Crippen LogP contribution in [0, 0.1) is 0 Å². The number of benzene rings is 2. The van der Waals surface area contributed by atoms with Gasteiger partial charge >= 0.3 is 6.18 Å². The number of carbonyl (C=O) groups excluding carboxylic acids is 1. The van der Waals surface area contributed by atoms with E-state index in [0.29, 0.717) is 17.7 Å². The number of alkyl halides is 5. The Morgan fingerprint density at radius 3 is 2.47 bits per heavy atom. The van der Waals surface area contributed by atoms with Crippen LogP contribution in [-0.2, 0) is 19.3 Å². The first-order valence-electron chi connectivity index (χ1n) is 9.73. The smallest absolute Gasteiger partial charge is 0.304 e. The zero-order chi connectivity index (χ0) is 21.7. The van der Waals surface area contributed by atoms with Crippen molar-refractivity contribution in [2.24, 2.45) is 0 Å². The maximum atomic E-state index is 13.8. The molecule has 1 fully saturated rings. The van der Waals surface area contributed by atoms with Gasteiger partial charge in [0.25, 0.3) is 5.91 Å². The molecule has 2 aliphatic rings. The summed E-state index contributed by atoms with van der Waals surface area (Å²) >= 11 is 0. The molecule has 0 bridgehead atoms. The molecule has 1 heterocycles. The van der Waals surface area contributed by atoms with Crippen LogP contribution in [0.5, 0.6) is 0 Å². The maximum absolute atomic E-state index is 13.8. The normalized spacial score (nSPS) is 20.8. The van der Waals surface area contributed by atoms with Gasteiger partial charge in [-0.05, 0) is 48.9 Å². The minimum atomic E-state index is -4.62. The topological polar surface area (TPSA) is 23.6 Å². The van der Waals surface area contributed by atoms with Crippen molar-refractivity contribution in [3.63, 3.8) is 0 Å². The second-order valence-corrected chi connectivity index (χ2v) is 8.06. The SMILES string of the molecule is CN(Cc1cc2c(c(C(F)(F)F)c1)CN(c1ccccc1)C2=O)C1CCC(F)(F)C1.